The van der Waals surface area contributed by atoms with Gasteiger partial charge in [-0.15, -0.1) is 0 Å². The Morgan fingerprint density at radius 2 is 0.481 bits per heavy atom. The Morgan fingerprint density at radius 3 is 0.654 bits per heavy atom. The van der Waals surface area contributed by atoms with Gasteiger partial charge in [0, 0.05) is 132 Å². The third kappa shape index (κ3) is 15.0. The van der Waals surface area contributed by atoms with Gasteiger partial charge in [-0.2, -0.15) is 0 Å². The minimum Gasteiger partial charge on any atom is -0.396 e. The normalized spacial score (nSPS) is 11.4. The number of anilines is 3. The number of unbranched alkanes of at least 4 members (excludes halogenated alkanes) is 6. The van der Waals surface area contributed by atoms with Crippen molar-refractivity contribution in [1.82, 2.24) is 0 Å². The number of aliphatic hydroxyl groups excluding tert-OH is 6. The monoisotopic (exact) mass is 724 g/mol. The molecule has 7 N–H and O–H groups in total. The Bertz CT molecular complexity index is 1100. The molecule has 0 spiro atoms. The van der Waals surface area contributed by atoms with Gasteiger partial charge in [-0.25, -0.2) is 4.90 Å². The van der Waals surface area contributed by atoms with Crippen LogP contribution < -0.4 is 19.6 Å². The second kappa shape index (κ2) is 26.5. The molecule has 0 fully saturated rings. The van der Waals surface area contributed by atoms with E-state index in [1.54, 1.807) is 0 Å². The summed E-state index contributed by atoms with van der Waals surface area (Å²) in [5, 5.41) is 56.2. The van der Waals surface area contributed by atoms with Crippen molar-refractivity contribution in [1.29, 1.82) is 0 Å². The highest BCUT2D eigenvalue weighted by Gasteiger charge is 2.21. The molecule has 0 atom stereocenters. The van der Waals surface area contributed by atoms with E-state index in [1.165, 1.54) is 0 Å². The summed E-state index contributed by atoms with van der Waals surface area (Å²) in [6.45, 7) is 6.23. The van der Waals surface area contributed by atoms with Crippen LogP contribution in [0.1, 0.15) is 77.0 Å². The van der Waals surface area contributed by atoms with Crippen molar-refractivity contribution in [3.8, 4) is 0 Å². The third-order valence-electron chi connectivity index (χ3n) is 9.58. The molecule has 10 heteroatoms. The maximum Gasteiger partial charge on any atom is 0.141 e. The lowest BCUT2D eigenvalue weighted by Crippen LogP contribution is -2.96. The van der Waals surface area contributed by atoms with Crippen LogP contribution >= 0.6 is 0 Å². The van der Waals surface area contributed by atoms with Crippen molar-refractivity contribution in [3.63, 3.8) is 0 Å². The summed E-state index contributed by atoms with van der Waals surface area (Å²) in [6.07, 6.45) is 10.0. The van der Waals surface area contributed by atoms with Crippen LogP contribution in [0.3, 0.4) is 0 Å². The highest BCUT2D eigenvalue weighted by atomic mass is 16.3. The predicted octanol–water partition coefficient (Wildman–Crippen LogP) is 4.92. The van der Waals surface area contributed by atoms with Gasteiger partial charge in [-0.3, -0.25) is 0 Å². The van der Waals surface area contributed by atoms with Crippen molar-refractivity contribution in [2.45, 2.75) is 77.0 Å². The van der Waals surface area contributed by atoms with Gasteiger partial charge in [-0.1, -0.05) is 0 Å². The van der Waals surface area contributed by atoms with Crippen molar-refractivity contribution >= 4 is 34.1 Å². The summed E-state index contributed by atoms with van der Waals surface area (Å²) in [5.41, 5.74) is 6.73. The van der Waals surface area contributed by atoms with Crippen LogP contribution in [0.2, 0.25) is 0 Å². The Morgan fingerprint density at radius 1 is 0.288 bits per heavy atom. The number of rotatable bonds is 30. The Kier molecular flexibility index (Phi) is 22.0. The number of nitrogens with one attached hydrogen (secondary N) is 1. The van der Waals surface area contributed by atoms with Crippen LogP contribution in [0.5, 0.6) is 0 Å². The predicted molar refractivity (Wildman–Crippen MR) is 214 cm³/mol. The van der Waals surface area contributed by atoms with E-state index >= 15 is 0 Å². The summed E-state index contributed by atoms with van der Waals surface area (Å²) < 4.78 is 0. The molecule has 0 unspecified atom stereocenters. The average Bonchev–Trinajstić information content (AvgIpc) is 3.17. The second-order valence-corrected chi connectivity index (χ2v) is 13.6. The van der Waals surface area contributed by atoms with Gasteiger partial charge in [-0.05, 0) is 113 Å². The number of aliphatic hydroxyl groups is 6. The topological polar surface area (TPSA) is 136 Å². The zero-order valence-electron chi connectivity index (χ0n) is 31.4. The molecular formula is C42H67N4O6+. The SMILES string of the molecule is OCCCCN(CCCCO)c1ccc([NH+](c2ccc(N(CCCCO)CCCCO)cc2)c2ccc(N(CCCCO)CCCCO)cc2)cc1. The molecule has 0 aromatic heterocycles. The zero-order valence-corrected chi connectivity index (χ0v) is 31.4. The molecule has 0 amide bonds. The number of quaternary nitrogens is 1. The first-order valence-electron chi connectivity index (χ1n) is 19.7. The lowest BCUT2D eigenvalue weighted by atomic mass is 10.1. The summed E-state index contributed by atoms with van der Waals surface area (Å²) in [4.78, 5) is 8.18. The van der Waals surface area contributed by atoms with Crippen molar-refractivity contribution in [2.75, 3.05) is 93.6 Å². The quantitative estimate of drug-likeness (QED) is 0.0479. The second-order valence-electron chi connectivity index (χ2n) is 13.6. The molecule has 3 aromatic rings. The molecule has 0 heterocycles. The lowest BCUT2D eigenvalue weighted by molar-refractivity contribution is -0.681. The minimum absolute atomic E-state index is 0.186. The molecule has 10 nitrogen and oxygen atoms in total. The molecule has 3 aromatic carbocycles. The summed E-state index contributed by atoms with van der Waals surface area (Å²) in [6, 6.07) is 26.3. The van der Waals surface area contributed by atoms with E-state index in [-0.39, 0.29) is 39.6 Å². The van der Waals surface area contributed by atoms with Crippen LogP contribution in [0.4, 0.5) is 34.1 Å². The molecule has 0 saturated carbocycles. The van der Waals surface area contributed by atoms with Gasteiger partial charge in [0.25, 0.3) is 0 Å². The van der Waals surface area contributed by atoms with Crippen molar-refractivity contribution in [2.24, 2.45) is 0 Å². The van der Waals surface area contributed by atoms with Crippen LogP contribution in [-0.2, 0) is 0 Å². The van der Waals surface area contributed by atoms with E-state index < -0.39 is 0 Å². The van der Waals surface area contributed by atoms with Crippen LogP contribution in [0, 0.1) is 0 Å². The van der Waals surface area contributed by atoms with E-state index in [2.05, 4.69) is 87.5 Å². The molecule has 0 aliphatic rings. The van der Waals surface area contributed by atoms with E-state index in [9.17, 15) is 30.6 Å². The molecule has 0 bridgehead atoms. The smallest absolute Gasteiger partial charge is 0.141 e. The number of hydrogen-bond acceptors (Lipinski definition) is 9. The third-order valence-corrected chi connectivity index (χ3v) is 9.58. The largest absolute Gasteiger partial charge is 0.396 e. The van der Waals surface area contributed by atoms with Crippen LogP contribution in [-0.4, -0.2) is 110 Å². The summed E-state index contributed by atoms with van der Waals surface area (Å²) >= 11 is 0. The maximum absolute atomic E-state index is 9.37. The van der Waals surface area contributed by atoms with E-state index in [4.69, 9.17) is 0 Å². The average molecular weight is 724 g/mol. The molecule has 290 valence electrons. The van der Waals surface area contributed by atoms with Crippen molar-refractivity contribution in [3.05, 3.63) is 72.8 Å². The molecule has 0 aliphatic carbocycles. The fourth-order valence-electron chi connectivity index (χ4n) is 6.61. The van der Waals surface area contributed by atoms with Gasteiger partial charge in [0.15, 0.2) is 0 Å². The fraction of sp³-hybridized carbons (Fsp3) is 0.571. The maximum atomic E-state index is 9.37. The Hall–Kier alpha value is -3.22. The van der Waals surface area contributed by atoms with Crippen LogP contribution in [0.15, 0.2) is 72.8 Å². The first-order chi connectivity index (χ1) is 25.6. The van der Waals surface area contributed by atoms with Gasteiger partial charge in [0.1, 0.15) is 17.1 Å². The van der Waals surface area contributed by atoms with Crippen molar-refractivity contribution < 1.29 is 35.5 Å². The first kappa shape index (κ1) is 43.2. The van der Waals surface area contributed by atoms with Crippen LogP contribution in [0.25, 0.3) is 0 Å². The summed E-state index contributed by atoms with van der Waals surface area (Å²) in [7, 11) is 0. The number of hydrogen-bond donors (Lipinski definition) is 7. The number of nitrogens with zero attached hydrogens (tertiary/aromatic N) is 3. The summed E-state index contributed by atoms with van der Waals surface area (Å²) in [5.74, 6) is 0. The Labute approximate surface area is 312 Å². The van der Waals surface area contributed by atoms with E-state index in [1.807, 2.05) is 0 Å². The van der Waals surface area contributed by atoms with E-state index in [0.29, 0.717) is 0 Å². The highest BCUT2D eigenvalue weighted by Crippen LogP contribution is 2.25. The fourth-order valence-corrected chi connectivity index (χ4v) is 6.61. The molecule has 52 heavy (non-hydrogen) atoms. The molecule has 3 rings (SSSR count). The molecule has 0 saturated heterocycles. The molecule has 0 aliphatic heterocycles. The van der Waals surface area contributed by atoms with Gasteiger partial charge in [0.2, 0.25) is 0 Å². The van der Waals surface area contributed by atoms with Gasteiger partial charge in [0.05, 0.1) is 0 Å². The Balaban J connectivity index is 1.97. The van der Waals surface area contributed by atoms with E-state index in [0.717, 1.165) is 155 Å². The molecule has 0 radical (unpaired) electrons. The lowest BCUT2D eigenvalue weighted by Gasteiger charge is -2.27. The highest BCUT2D eigenvalue weighted by molar-refractivity contribution is 5.58. The molecular weight excluding hydrogens is 656 g/mol. The minimum atomic E-state index is 0.186. The standard InChI is InChI=1S/C42H66N4O6/c47-31-7-1-25-43(26-2-8-32-48)37-13-19-40(20-14-37)46(41-21-15-38(16-22-41)44(27-3-9-33-49)28-4-10-34-50)42-23-17-39(18-24-42)45(29-5-11-35-51)30-6-12-36-52/h13-24,47-52H,1-12,25-36H2/p+1. The van der Waals surface area contributed by atoms with Gasteiger partial charge >= 0.3 is 0 Å². The first-order valence-corrected chi connectivity index (χ1v) is 19.7. The van der Waals surface area contributed by atoms with Gasteiger partial charge < -0.3 is 45.3 Å². The number of benzene rings is 3. The zero-order chi connectivity index (χ0) is 37.2.